The summed E-state index contributed by atoms with van der Waals surface area (Å²) in [5.41, 5.74) is 7.55. The molecule has 1 aromatic carbocycles. The van der Waals surface area contributed by atoms with Gasteiger partial charge in [-0.2, -0.15) is 0 Å². The first kappa shape index (κ1) is 11.1. The monoisotopic (exact) mass is 220 g/mol. The second-order valence-corrected chi connectivity index (χ2v) is 3.79. The molecule has 1 atom stereocenters. The fourth-order valence-corrected chi connectivity index (χ4v) is 1.96. The molecule has 16 heavy (non-hydrogen) atoms. The fourth-order valence-electron chi connectivity index (χ4n) is 1.96. The highest BCUT2D eigenvalue weighted by Crippen LogP contribution is 2.23. The maximum atomic E-state index is 11.8. The zero-order valence-corrected chi connectivity index (χ0v) is 9.11. The second-order valence-electron chi connectivity index (χ2n) is 3.79. The number of esters is 1. The van der Waals surface area contributed by atoms with Crippen LogP contribution in [0.25, 0.3) is 0 Å². The van der Waals surface area contributed by atoms with Crippen LogP contribution in [0.4, 0.5) is 0 Å². The molecule has 4 nitrogen and oxygen atoms in total. The smallest absolute Gasteiger partial charge is 0.327 e. The van der Waals surface area contributed by atoms with Crippen molar-refractivity contribution in [3.63, 3.8) is 0 Å². The van der Waals surface area contributed by atoms with Gasteiger partial charge in [-0.15, -0.1) is 0 Å². The van der Waals surface area contributed by atoms with E-state index in [1.807, 2.05) is 18.2 Å². The Kier molecular flexibility index (Phi) is 3.54. The van der Waals surface area contributed by atoms with Crippen molar-refractivity contribution in [3.8, 4) is 0 Å². The molecular weight excluding hydrogens is 204 g/mol. The van der Waals surface area contributed by atoms with Crippen LogP contribution in [0, 0.1) is 0 Å². The van der Waals surface area contributed by atoms with Crippen LogP contribution in [-0.2, 0) is 16.0 Å². The average molecular weight is 220 g/mol. The minimum absolute atomic E-state index is 0.238. The Hall–Kier alpha value is -1.39. The molecule has 0 bridgehead atoms. The summed E-state index contributed by atoms with van der Waals surface area (Å²) in [5, 5.41) is 3.17. The summed E-state index contributed by atoms with van der Waals surface area (Å²) in [5.74, 6) is -0.238. The molecule has 1 heterocycles. The number of benzene rings is 1. The van der Waals surface area contributed by atoms with E-state index in [1.54, 1.807) is 0 Å². The number of ether oxygens (including phenoxy) is 1. The number of hydrogen-bond donors (Lipinski definition) is 2. The number of nitrogens with one attached hydrogen (secondary N) is 1. The highest BCUT2D eigenvalue weighted by Gasteiger charge is 2.26. The summed E-state index contributed by atoms with van der Waals surface area (Å²) in [6.45, 7) is 1.44. The van der Waals surface area contributed by atoms with Crippen LogP contribution < -0.4 is 11.1 Å². The van der Waals surface area contributed by atoms with Gasteiger partial charge < -0.3 is 15.8 Å². The van der Waals surface area contributed by atoms with E-state index in [2.05, 4.69) is 11.4 Å². The molecule has 0 saturated carbocycles. The van der Waals surface area contributed by atoms with E-state index in [0.29, 0.717) is 6.54 Å². The minimum Gasteiger partial charge on any atom is -0.463 e. The van der Waals surface area contributed by atoms with Gasteiger partial charge in [-0.05, 0) is 17.5 Å². The first-order valence-electron chi connectivity index (χ1n) is 5.51. The number of nitrogens with two attached hydrogens (primary N) is 1. The Morgan fingerprint density at radius 1 is 1.50 bits per heavy atom. The van der Waals surface area contributed by atoms with E-state index in [1.165, 1.54) is 5.56 Å². The zero-order chi connectivity index (χ0) is 11.4. The van der Waals surface area contributed by atoms with E-state index in [-0.39, 0.29) is 18.6 Å². The summed E-state index contributed by atoms with van der Waals surface area (Å²) in [6, 6.07) is 7.62. The van der Waals surface area contributed by atoms with E-state index < -0.39 is 0 Å². The van der Waals surface area contributed by atoms with Gasteiger partial charge in [0.15, 0.2) is 0 Å². The first-order chi connectivity index (χ1) is 7.83. The van der Waals surface area contributed by atoms with E-state index >= 15 is 0 Å². The van der Waals surface area contributed by atoms with Crippen molar-refractivity contribution in [2.45, 2.75) is 12.5 Å². The van der Waals surface area contributed by atoms with Gasteiger partial charge in [0.2, 0.25) is 0 Å². The van der Waals surface area contributed by atoms with Crippen LogP contribution >= 0.6 is 0 Å². The second kappa shape index (κ2) is 5.09. The lowest BCUT2D eigenvalue weighted by Crippen LogP contribution is -2.36. The predicted molar refractivity (Wildman–Crippen MR) is 60.9 cm³/mol. The Bertz CT molecular complexity index is 379. The number of rotatable bonds is 3. The van der Waals surface area contributed by atoms with Gasteiger partial charge in [-0.3, -0.25) is 0 Å². The summed E-state index contributed by atoms with van der Waals surface area (Å²) in [4.78, 5) is 11.8. The number of carbonyl (C=O) groups excluding carboxylic acids is 1. The number of fused-ring (bicyclic) bond motifs is 1. The molecule has 4 heteroatoms. The third-order valence-corrected chi connectivity index (χ3v) is 2.71. The third kappa shape index (κ3) is 2.23. The molecule has 0 aromatic heterocycles. The molecule has 2 rings (SSSR count). The summed E-state index contributed by atoms with van der Waals surface area (Å²) in [7, 11) is 0. The van der Waals surface area contributed by atoms with Crippen molar-refractivity contribution in [2.24, 2.45) is 5.73 Å². The molecule has 0 spiro atoms. The molecule has 0 radical (unpaired) electrons. The molecule has 0 aliphatic carbocycles. The van der Waals surface area contributed by atoms with Gasteiger partial charge in [0.1, 0.15) is 12.6 Å². The van der Waals surface area contributed by atoms with Crippen molar-refractivity contribution < 1.29 is 9.53 Å². The maximum Gasteiger partial charge on any atom is 0.327 e. The van der Waals surface area contributed by atoms with E-state index in [4.69, 9.17) is 10.5 Å². The quantitative estimate of drug-likeness (QED) is 0.723. The van der Waals surface area contributed by atoms with Gasteiger partial charge in [-0.1, -0.05) is 24.3 Å². The SMILES string of the molecule is NCCOC(=O)C1NCCc2ccccc21. The van der Waals surface area contributed by atoms with Crippen LogP contribution in [0.15, 0.2) is 24.3 Å². The molecule has 1 aromatic rings. The van der Waals surface area contributed by atoms with Crippen LogP contribution in [0.3, 0.4) is 0 Å². The van der Waals surface area contributed by atoms with Gasteiger partial charge in [0.05, 0.1) is 0 Å². The Morgan fingerprint density at radius 3 is 3.12 bits per heavy atom. The summed E-state index contributed by atoms with van der Waals surface area (Å²) in [6.07, 6.45) is 0.955. The van der Waals surface area contributed by atoms with Gasteiger partial charge in [0.25, 0.3) is 0 Å². The van der Waals surface area contributed by atoms with Crippen LogP contribution in [0.2, 0.25) is 0 Å². The van der Waals surface area contributed by atoms with Crippen LogP contribution in [0.5, 0.6) is 0 Å². The predicted octanol–water partition coefficient (Wildman–Crippen LogP) is 0.375. The van der Waals surface area contributed by atoms with Crippen LogP contribution in [0.1, 0.15) is 17.2 Å². The highest BCUT2D eigenvalue weighted by molar-refractivity contribution is 5.78. The molecular formula is C12H16N2O2. The molecule has 86 valence electrons. The van der Waals surface area contributed by atoms with Crippen molar-refractivity contribution >= 4 is 5.97 Å². The Morgan fingerprint density at radius 2 is 2.31 bits per heavy atom. The maximum absolute atomic E-state index is 11.8. The topological polar surface area (TPSA) is 64.3 Å². The van der Waals surface area contributed by atoms with Gasteiger partial charge in [-0.25, -0.2) is 4.79 Å². The third-order valence-electron chi connectivity index (χ3n) is 2.71. The molecule has 0 saturated heterocycles. The molecule has 1 unspecified atom stereocenters. The van der Waals surface area contributed by atoms with E-state index in [9.17, 15) is 4.79 Å². The highest BCUT2D eigenvalue weighted by atomic mass is 16.5. The zero-order valence-electron chi connectivity index (χ0n) is 9.11. The van der Waals surface area contributed by atoms with Gasteiger partial charge >= 0.3 is 5.97 Å². The molecule has 0 fully saturated rings. The Labute approximate surface area is 94.8 Å². The van der Waals surface area contributed by atoms with Crippen molar-refractivity contribution in [1.82, 2.24) is 5.32 Å². The summed E-state index contributed by atoms with van der Waals surface area (Å²) < 4.78 is 5.06. The average Bonchev–Trinajstić information content (AvgIpc) is 2.35. The largest absolute Gasteiger partial charge is 0.463 e. The lowest BCUT2D eigenvalue weighted by Gasteiger charge is -2.25. The van der Waals surface area contributed by atoms with Crippen LogP contribution in [-0.4, -0.2) is 25.7 Å². The normalized spacial score (nSPS) is 18.9. The van der Waals surface area contributed by atoms with Crippen molar-refractivity contribution in [1.29, 1.82) is 0 Å². The lowest BCUT2D eigenvalue weighted by atomic mass is 9.94. The summed E-state index contributed by atoms with van der Waals surface area (Å²) >= 11 is 0. The molecule has 1 aliphatic heterocycles. The standard InChI is InChI=1S/C12H16N2O2/c13-6-8-16-12(15)11-10-4-2-1-3-9(10)5-7-14-11/h1-4,11,14H,5-8,13H2. The van der Waals surface area contributed by atoms with Crippen molar-refractivity contribution in [3.05, 3.63) is 35.4 Å². The fraction of sp³-hybridized carbons (Fsp3) is 0.417. The molecule has 0 amide bonds. The van der Waals surface area contributed by atoms with Crippen molar-refractivity contribution in [2.75, 3.05) is 19.7 Å². The minimum atomic E-state index is -0.337. The first-order valence-corrected chi connectivity index (χ1v) is 5.51. The van der Waals surface area contributed by atoms with Gasteiger partial charge in [0, 0.05) is 13.1 Å². The Balaban J connectivity index is 2.15. The number of carbonyl (C=O) groups is 1. The van der Waals surface area contributed by atoms with E-state index in [0.717, 1.165) is 18.5 Å². The molecule has 3 N–H and O–H groups in total. The lowest BCUT2D eigenvalue weighted by molar-refractivity contribution is -0.146. The molecule has 1 aliphatic rings. The number of hydrogen-bond acceptors (Lipinski definition) is 4.